The maximum atomic E-state index is 12.9. The summed E-state index contributed by atoms with van der Waals surface area (Å²) in [5, 5.41) is 5.78. The van der Waals surface area contributed by atoms with Gasteiger partial charge in [0.2, 0.25) is 5.82 Å². The lowest BCUT2D eigenvalue weighted by Crippen LogP contribution is -2.28. The second-order valence-electron chi connectivity index (χ2n) is 7.48. The van der Waals surface area contributed by atoms with Crippen molar-refractivity contribution in [3.8, 4) is 0 Å². The molecule has 2 heterocycles. The van der Waals surface area contributed by atoms with Gasteiger partial charge in [0.05, 0.1) is 5.52 Å². The van der Waals surface area contributed by atoms with Crippen LogP contribution in [0.25, 0.3) is 5.52 Å². The molecule has 7 heteroatoms. The molecule has 29 heavy (non-hydrogen) atoms. The van der Waals surface area contributed by atoms with Crippen LogP contribution in [0.1, 0.15) is 38.7 Å². The molecule has 0 unspecified atom stereocenters. The fraction of sp³-hybridized carbons (Fsp3) is 0.318. The third-order valence-electron chi connectivity index (χ3n) is 4.51. The quantitative estimate of drug-likeness (QED) is 0.605. The van der Waals surface area contributed by atoms with Crippen LogP contribution in [0.5, 0.6) is 0 Å². The lowest BCUT2D eigenvalue weighted by atomic mass is 10.1. The SMILES string of the molecule is Cc1cc(C)cc(NC(=O)c2nc(C(=O)NCCCN(C)C)n3ccccc23)c1. The van der Waals surface area contributed by atoms with Crippen molar-refractivity contribution in [1.82, 2.24) is 19.6 Å². The minimum atomic E-state index is -0.342. The van der Waals surface area contributed by atoms with Crippen LogP contribution in [0.4, 0.5) is 5.69 Å². The number of fused-ring (bicyclic) bond motifs is 1. The molecule has 2 N–H and O–H groups in total. The first kappa shape index (κ1) is 20.5. The lowest BCUT2D eigenvalue weighted by Gasteiger charge is -2.09. The van der Waals surface area contributed by atoms with E-state index in [9.17, 15) is 9.59 Å². The number of amides is 2. The Bertz CT molecular complexity index is 1020. The van der Waals surface area contributed by atoms with E-state index in [1.165, 1.54) is 0 Å². The van der Waals surface area contributed by atoms with E-state index in [1.54, 1.807) is 16.7 Å². The summed E-state index contributed by atoms with van der Waals surface area (Å²) in [6.07, 6.45) is 2.58. The van der Waals surface area contributed by atoms with Crippen molar-refractivity contribution in [3.63, 3.8) is 0 Å². The van der Waals surface area contributed by atoms with Gasteiger partial charge in [-0.25, -0.2) is 4.98 Å². The van der Waals surface area contributed by atoms with Gasteiger partial charge < -0.3 is 15.5 Å². The molecular weight excluding hydrogens is 366 g/mol. The predicted octanol–water partition coefficient (Wildman–Crippen LogP) is 2.88. The second kappa shape index (κ2) is 8.87. The van der Waals surface area contributed by atoms with Gasteiger partial charge in [0.15, 0.2) is 5.69 Å². The minimum absolute atomic E-state index is 0.205. The van der Waals surface area contributed by atoms with Crippen molar-refractivity contribution in [1.29, 1.82) is 0 Å². The van der Waals surface area contributed by atoms with Crippen LogP contribution in [-0.2, 0) is 0 Å². The first-order valence-corrected chi connectivity index (χ1v) is 9.65. The number of hydrogen-bond donors (Lipinski definition) is 2. The molecule has 0 aliphatic carbocycles. The van der Waals surface area contributed by atoms with Gasteiger partial charge in [-0.05, 0) is 76.3 Å². The number of aromatic nitrogens is 2. The Morgan fingerprint density at radius 2 is 1.79 bits per heavy atom. The zero-order chi connectivity index (χ0) is 21.0. The standard InChI is InChI=1S/C22H27N5O2/c1-15-12-16(2)14-17(13-15)24-21(28)19-18-8-5-6-11-27(18)20(25-19)22(29)23-9-7-10-26(3)4/h5-6,8,11-14H,7,9-10H2,1-4H3,(H,23,29)(H,24,28). The summed E-state index contributed by atoms with van der Waals surface area (Å²) in [5.41, 5.74) is 3.65. The van der Waals surface area contributed by atoms with Crippen molar-refractivity contribution in [3.05, 3.63) is 65.2 Å². The molecule has 0 saturated carbocycles. The molecule has 0 spiro atoms. The summed E-state index contributed by atoms with van der Waals surface area (Å²) >= 11 is 0. The number of rotatable bonds is 7. The molecular formula is C22H27N5O2. The van der Waals surface area contributed by atoms with Gasteiger partial charge in [-0.3, -0.25) is 14.0 Å². The van der Waals surface area contributed by atoms with Crippen LogP contribution in [-0.4, -0.2) is 53.3 Å². The number of hydrogen-bond acceptors (Lipinski definition) is 4. The zero-order valence-electron chi connectivity index (χ0n) is 17.3. The van der Waals surface area contributed by atoms with Crippen molar-refractivity contribution < 1.29 is 9.59 Å². The third kappa shape index (κ3) is 5.00. The topological polar surface area (TPSA) is 78.7 Å². The fourth-order valence-electron chi connectivity index (χ4n) is 3.28. The largest absolute Gasteiger partial charge is 0.349 e. The van der Waals surface area contributed by atoms with Crippen LogP contribution >= 0.6 is 0 Å². The normalized spacial score (nSPS) is 11.1. The molecule has 7 nitrogen and oxygen atoms in total. The van der Waals surface area contributed by atoms with Gasteiger partial charge in [0.1, 0.15) is 0 Å². The molecule has 0 radical (unpaired) electrons. The average molecular weight is 393 g/mol. The summed E-state index contributed by atoms with van der Waals surface area (Å²) in [4.78, 5) is 32.0. The lowest BCUT2D eigenvalue weighted by molar-refractivity contribution is 0.0941. The number of nitrogens with zero attached hydrogens (tertiary/aromatic N) is 3. The van der Waals surface area contributed by atoms with E-state index in [1.807, 2.05) is 58.3 Å². The maximum Gasteiger partial charge on any atom is 0.287 e. The molecule has 3 rings (SSSR count). The van der Waals surface area contributed by atoms with Gasteiger partial charge in [-0.15, -0.1) is 0 Å². The van der Waals surface area contributed by atoms with Gasteiger partial charge in [0, 0.05) is 18.4 Å². The molecule has 0 aliphatic rings. The molecule has 0 atom stereocenters. The van der Waals surface area contributed by atoms with Crippen molar-refractivity contribution in [2.24, 2.45) is 0 Å². The highest BCUT2D eigenvalue weighted by molar-refractivity contribution is 6.09. The van der Waals surface area contributed by atoms with Crippen molar-refractivity contribution >= 4 is 23.0 Å². The van der Waals surface area contributed by atoms with Gasteiger partial charge in [-0.1, -0.05) is 12.1 Å². The Kier molecular flexibility index (Phi) is 6.29. The van der Waals surface area contributed by atoms with Crippen LogP contribution in [0.15, 0.2) is 42.6 Å². The average Bonchev–Trinajstić information content (AvgIpc) is 3.04. The van der Waals surface area contributed by atoms with Crippen LogP contribution < -0.4 is 10.6 Å². The molecule has 0 saturated heterocycles. The Labute approximate surface area is 170 Å². The molecule has 3 aromatic rings. The van der Waals surface area contributed by atoms with E-state index in [0.29, 0.717) is 17.7 Å². The van der Waals surface area contributed by atoms with E-state index >= 15 is 0 Å². The molecule has 2 amide bonds. The number of aryl methyl sites for hydroxylation is 2. The first-order valence-electron chi connectivity index (χ1n) is 9.65. The second-order valence-corrected chi connectivity index (χ2v) is 7.48. The summed E-state index contributed by atoms with van der Waals surface area (Å²) in [5.74, 6) is -0.434. The third-order valence-corrected chi connectivity index (χ3v) is 4.51. The number of benzene rings is 1. The summed E-state index contributed by atoms with van der Waals surface area (Å²) in [7, 11) is 3.98. The van der Waals surface area contributed by atoms with Gasteiger partial charge >= 0.3 is 0 Å². The van der Waals surface area contributed by atoms with Crippen LogP contribution in [0.3, 0.4) is 0 Å². The van der Waals surface area contributed by atoms with E-state index in [-0.39, 0.29) is 23.3 Å². The minimum Gasteiger partial charge on any atom is -0.349 e. The molecule has 2 aromatic heterocycles. The van der Waals surface area contributed by atoms with Crippen molar-refractivity contribution in [2.75, 3.05) is 32.5 Å². The maximum absolute atomic E-state index is 12.9. The highest BCUT2D eigenvalue weighted by Gasteiger charge is 2.21. The molecule has 0 bridgehead atoms. The smallest absolute Gasteiger partial charge is 0.287 e. The van der Waals surface area contributed by atoms with Crippen LogP contribution in [0.2, 0.25) is 0 Å². The predicted molar refractivity (Wildman–Crippen MR) is 115 cm³/mol. The van der Waals surface area contributed by atoms with E-state index in [0.717, 1.165) is 24.1 Å². The van der Waals surface area contributed by atoms with E-state index < -0.39 is 0 Å². The highest BCUT2D eigenvalue weighted by atomic mass is 16.2. The molecule has 152 valence electrons. The van der Waals surface area contributed by atoms with E-state index in [4.69, 9.17) is 0 Å². The first-order chi connectivity index (χ1) is 13.8. The summed E-state index contributed by atoms with van der Waals surface area (Å²) < 4.78 is 1.65. The van der Waals surface area contributed by atoms with Crippen LogP contribution in [0, 0.1) is 13.8 Å². The molecule has 0 aliphatic heterocycles. The summed E-state index contributed by atoms with van der Waals surface area (Å²) in [6.45, 7) is 5.38. The number of imidazole rings is 1. The molecule has 0 fully saturated rings. The number of anilines is 1. The van der Waals surface area contributed by atoms with E-state index in [2.05, 4.69) is 20.5 Å². The Hall–Kier alpha value is -3.19. The number of carbonyl (C=O) groups is 2. The van der Waals surface area contributed by atoms with Crippen molar-refractivity contribution in [2.45, 2.75) is 20.3 Å². The number of carbonyl (C=O) groups excluding carboxylic acids is 2. The number of nitrogens with one attached hydrogen (secondary N) is 2. The zero-order valence-corrected chi connectivity index (χ0v) is 17.3. The monoisotopic (exact) mass is 393 g/mol. The molecule has 1 aromatic carbocycles. The summed E-state index contributed by atoms with van der Waals surface area (Å²) in [6, 6.07) is 11.3. The number of pyridine rings is 1. The van der Waals surface area contributed by atoms with Gasteiger partial charge in [-0.2, -0.15) is 0 Å². The Morgan fingerprint density at radius 3 is 2.48 bits per heavy atom. The highest BCUT2D eigenvalue weighted by Crippen LogP contribution is 2.18. The van der Waals surface area contributed by atoms with Gasteiger partial charge in [0.25, 0.3) is 11.8 Å². The Morgan fingerprint density at radius 1 is 1.07 bits per heavy atom. The fourth-order valence-corrected chi connectivity index (χ4v) is 3.28. The Balaban J connectivity index is 1.83.